The van der Waals surface area contributed by atoms with E-state index in [1.807, 2.05) is 6.92 Å². The molecule has 0 amide bonds. The summed E-state index contributed by atoms with van der Waals surface area (Å²) in [7, 11) is -14.6. The Kier molecular flexibility index (Phi) is 10.9. The summed E-state index contributed by atoms with van der Waals surface area (Å²) in [4.78, 5) is 10.6. The van der Waals surface area contributed by atoms with E-state index in [1.54, 1.807) is 12.1 Å². The smallest absolute Gasteiger partial charge is 0.297 e. The van der Waals surface area contributed by atoms with Gasteiger partial charge in [0.15, 0.2) is 5.75 Å². The first-order valence-electron chi connectivity index (χ1n) is 14.9. The fourth-order valence-electron chi connectivity index (χ4n) is 4.97. The highest BCUT2D eigenvalue weighted by molar-refractivity contribution is 8.19. The van der Waals surface area contributed by atoms with Crippen molar-refractivity contribution in [1.29, 1.82) is 0 Å². The number of unbranched alkanes of at least 4 members (excludes halogenated alkanes) is 1. The molecule has 11 N–H and O–H groups in total. The molecule has 0 unspecified atom stereocenters. The van der Waals surface area contributed by atoms with Gasteiger partial charge in [-0.25, -0.2) is 0 Å². The maximum Gasteiger partial charge on any atom is 0.297 e. The number of hydrogen-bond acceptors (Lipinski definition) is 17. The summed E-state index contributed by atoms with van der Waals surface area (Å²) in [6, 6.07) is 11.5. The summed E-state index contributed by atoms with van der Waals surface area (Å²) in [5.74, 6) is -0.886. The first-order valence-corrected chi connectivity index (χ1v) is 19.3. The zero-order chi connectivity index (χ0) is 37.1. The van der Waals surface area contributed by atoms with Crippen LogP contribution in [-0.4, -0.2) is 79.3 Å². The van der Waals surface area contributed by atoms with Gasteiger partial charge in [0.2, 0.25) is 17.8 Å². The number of rotatable bonds is 14. The number of nitrogens with zero attached hydrogens (tertiary/aromatic N) is 5. The number of azo groups is 1. The Labute approximate surface area is 292 Å². The molecular weight excluding hydrogens is 731 g/mol. The Bertz CT molecular complexity index is 2370. The van der Waals surface area contributed by atoms with Crippen LogP contribution in [-0.2, 0) is 20.2 Å². The molecule has 0 aliphatic heterocycles. The summed E-state index contributed by atoms with van der Waals surface area (Å²) < 4.78 is 100. The van der Waals surface area contributed by atoms with E-state index < -0.39 is 62.9 Å². The molecule has 19 nitrogen and oxygen atoms in total. The summed E-state index contributed by atoms with van der Waals surface area (Å²) in [5.41, 5.74) is 4.16. The van der Waals surface area contributed by atoms with Gasteiger partial charge in [-0.2, -0.15) is 31.8 Å². The minimum Gasteiger partial charge on any atom is -0.505 e. The number of nitrogens with one attached hydrogen (secondary N) is 3. The van der Waals surface area contributed by atoms with Gasteiger partial charge in [0.1, 0.15) is 27.1 Å². The molecule has 0 fully saturated rings. The van der Waals surface area contributed by atoms with Crippen LogP contribution in [0, 0.1) is 0 Å². The molecule has 5 aromatic rings. The van der Waals surface area contributed by atoms with E-state index in [-0.39, 0.29) is 52.8 Å². The maximum absolute atomic E-state index is 12.4. The SMILES string of the molecule is CCCCNc1nc(NCCN)nc(Nc2cc(S(=O)(=O)O)cc3cc(S(O)(O)O)c(N=Nc4ccc5ccccc5c4S(=O)(=O)O)c(O)c23)n1. The predicted molar refractivity (Wildman–Crippen MR) is 191 cm³/mol. The van der Waals surface area contributed by atoms with Gasteiger partial charge in [-0.3, -0.25) is 9.11 Å². The minimum atomic E-state index is -4.92. The average molecular weight is 764 g/mol. The molecule has 1 aromatic heterocycles. The summed E-state index contributed by atoms with van der Waals surface area (Å²) in [5, 5.41) is 28.1. The van der Waals surface area contributed by atoms with E-state index in [2.05, 4.69) is 41.1 Å². The molecule has 51 heavy (non-hydrogen) atoms. The molecule has 0 bridgehead atoms. The van der Waals surface area contributed by atoms with E-state index in [4.69, 9.17) is 5.73 Å². The number of aromatic nitrogens is 3. The first kappa shape index (κ1) is 37.5. The van der Waals surface area contributed by atoms with Crippen LogP contribution in [0.4, 0.5) is 34.9 Å². The van der Waals surface area contributed by atoms with Crippen molar-refractivity contribution in [2.75, 3.05) is 35.6 Å². The summed E-state index contributed by atoms with van der Waals surface area (Å²) >= 11 is 0. The molecule has 1 heterocycles. The zero-order valence-corrected chi connectivity index (χ0v) is 29.0. The lowest BCUT2D eigenvalue weighted by Crippen LogP contribution is -2.17. The van der Waals surface area contributed by atoms with Crippen molar-refractivity contribution in [3.8, 4) is 5.75 Å². The molecule has 0 saturated carbocycles. The molecule has 0 atom stereocenters. The van der Waals surface area contributed by atoms with E-state index in [1.165, 1.54) is 24.3 Å². The number of benzene rings is 4. The predicted octanol–water partition coefficient (Wildman–Crippen LogP) is 5.70. The van der Waals surface area contributed by atoms with Crippen molar-refractivity contribution in [3.05, 3.63) is 54.6 Å². The quantitative estimate of drug-likeness (QED) is 0.0368. The number of hydrogen-bond donors (Lipinski definition) is 10. The standard InChI is InChI=1S/C29H33N9O10S3/c1-2-3-11-31-27-34-28(32-12-10-30)36-29(35-27)33-21-15-18(49(40,41)42)13-17-14-22(50(43,44)45)24(25(39)23(17)21)38-37-20-9-8-16-6-4-5-7-19(16)26(20)51(46,47)48/h4-9,13-15,39,43-45H,2-3,10-12,30H2,1H3,(H,40,41,42)(H,46,47,48)(H3,31,32,33,34,35,36). The van der Waals surface area contributed by atoms with Gasteiger partial charge in [-0.05, 0) is 41.5 Å². The topological polar surface area (TPSA) is 315 Å². The Morgan fingerprint density at radius 2 is 1.45 bits per heavy atom. The van der Waals surface area contributed by atoms with Crippen LogP contribution < -0.4 is 21.7 Å². The molecule has 0 radical (unpaired) electrons. The van der Waals surface area contributed by atoms with Gasteiger partial charge in [0.25, 0.3) is 20.2 Å². The second-order valence-corrected chi connectivity index (χ2v) is 15.1. The molecule has 272 valence electrons. The lowest BCUT2D eigenvalue weighted by atomic mass is 10.1. The maximum atomic E-state index is 12.4. The van der Waals surface area contributed by atoms with Crippen LogP contribution in [0.1, 0.15) is 19.8 Å². The molecule has 0 saturated heterocycles. The number of phenols is 1. The van der Waals surface area contributed by atoms with E-state index in [0.717, 1.165) is 31.0 Å². The zero-order valence-electron chi connectivity index (χ0n) is 26.6. The van der Waals surface area contributed by atoms with Crippen molar-refractivity contribution >= 4 is 87.6 Å². The number of nitrogens with two attached hydrogens (primary N) is 1. The van der Waals surface area contributed by atoms with Crippen LogP contribution in [0.25, 0.3) is 21.5 Å². The molecular formula is C29H33N9O10S3. The average Bonchev–Trinajstić information content (AvgIpc) is 3.05. The lowest BCUT2D eigenvalue weighted by molar-refractivity contribution is 0.375. The van der Waals surface area contributed by atoms with Gasteiger partial charge in [-0.1, -0.05) is 43.7 Å². The molecule has 0 aliphatic rings. The molecule has 0 aliphatic carbocycles. The fraction of sp³-hybridized carbons (Fsp3) is 0.207. The molecule has 5 rings (SSSR count). The van der Waals surface area contributed by atoms with E-state index in [0.29, 0.717) is 11.9 Å². The van der Waals surface area contributed by atoms with Crippen LogP contribution in [0.2, 0.25) is 0 Å². The second kappa shape index (κ2) is 14.8. The van der Waals surface area contributed by atoms with E-state index in [9.17, 15) is 44.7 Å². The lowest BCUT2D eigenvalue weighted by Gasteiger charge is -2.23. The normalized spacial score (nSPS) is 12.8. The highest BCUT2D eigenvalue weighted by atomic mass is 32.3. The Balaban J connectivity index is 1.75. The first-order chi connectivity index (χ1) is 24.0. The largest absolute Gasteiger partial charge is 0.505 e. The summed E-state index contributed by atoms with van der Waals surface area (Å²) in [6.07, 6.45) is 1.65. The minimum absolute atomic E-state index is 0.0763. The Hall–Kier alpha value is -4.78. The fourth-order valence-corrected chi connectivity index (χ4v) is 7.03. The number of anilines is 4. The van der Waals surface area contributed by atoms with Gasteiger partial charge in [0, 0.05) is 30.4 Å². The third-order valence-corrected chi connectivity index (χ3v) is 9.89. The molecule has 22 heteroatoms. The monoisotopic (exact) mass is 763 g/mol. The van der Waals surface area contributed by atoms with Crippen molar-refractivity contribution < 1.29 is 44.7 Å². The molecule has 0 spiro atoms. The Morgan fingerprint density at radius 1 is 0.784 bits per heavy atom. The van der Waals surface area contributed by atoms with Crippen molar-refractivity contribution in [3.63, 3.8) is 0 Å². The van der Waals surface area contributed by atoms with Gasteiger partial charge in [-0.15, -0.1) is 10.2 Å². The van der Waals surface area contributed by atoms with Gasteiger partial charge in [0.05, 0.1) is 15.5 Å². The van der Waals surface area contributed by atoms with Crippen LogP contribution in [0.15, 0.2) is 79.5 Å². The van der Waals surface area contributed by atoms with Gasteiger partial charge >= 0.3 is 0 Å². The van der Waals surface area contributed by atoms with Crippen LogP contribution in [0.5, 0.6) is 5.75 Å². The third kappa shape index (κ3) is 8.58. The van der Waals surface area contributed by atoms with Crippen LogP contribution in [0.3, 0.4) is 0 Å². The second-order valence-electron chi connectivity index (χ2n) is 10.9. The van der Waals surface area contributed by atoms with Gasteiger partial charge < -0.3 is 40.4 Å². The summed E-state index contributed by atoms with van der Waals surface area (Å²) in [6.45, 7) is 3.00. The van der Waals surface area contributed by atoms with Crippen molar-refractivity contribution in [2.45, 2.75) is 34.5 Å². The molecule has 4 aromatic carbocycles. The third-order valence-electron chi connectivity index (χ3n) is 7.21. The highest BCUT2D eigenvalue weighted by Gasteiger charge is 2.28. The van der Waals surface area contributed by atoms with Crippen molar-refractivity contribution in [1.82, 2.24) is 15.0 Å². The Morgan fingerprint density at radius 3 is 2.08 bits per heavy atom. The number of fused-ring (bicyclic) bond motifs is 2. The van der Waals surface area contributed by atoms with Crippen molar-refractivity contribution in [2.24, 2.45) is 16.0 Å². The highest BCUT2D eigenvalue weighted by Crippen LogP contribution is 2.55. The number of phenolic OH excluding ortho intramolecular Hbond substituents is 1. The van der Waals surface area contributed by atoms with E-state index >= 15 is 0 Å². The number of aromatic hydroxyl groups is 1. The van der Waals surface area contributed by atoms with Crippen LogP contribution >= 0.6 is 10.9 Å².